The summed E-state index contributed by atoms with van der Waals surface area (Å²) >= 11 is 1.43. The molecule has 2 aliphatic rings. The Hall–Kier alpha value is -3.01. The Kier molecular flexibility index (Phi) is 5.78. The largest absolute Gasteiger partial charge is 0.402 e. The van der Waals surface area contributed by atoms with Crippen LogP contribution in [-0.4, -0.2) is 40.2 Å². The van der Waals surface area contributed by atoms with E-state index in [1.807, 2.05) is 30.3 Å². The normalized spacial score (nSPS) is 18.4. The average Bonchev–Trinajstić information content (AvgIpc) is 3.17. The van der Waals surface area contributed by atoms with Crippen molar-refractivity contribution in [1.82, 2.24) is 19.8 Å². The van der Waals surface area contributed by atoms with Gasteiger partial charge in [0.2, 0.25) is 7.41 Å². The lowest BCUT2D eigenvalue weighted by Gasteiger charge is -2.22. The maximum Gasteiger partial charge on any atom is 0.257 e. The number of pyridine rings is 1. The van der Waals surface area contributed by atoms with Crippen LogP contribution in [0.25, 0.3) is 11.4 Å². The number of thiazole rings is 1. The fraction of sp³-hybridized carbons (Fsp3) is 0.348. The summed E-state index contributed by atoms with van der Waals surface area (Å²) in [6, 6.07) is 6.97. The Labute approximate surface area is 195 Å². The topological polar surface area (TPSA) is 71.8 Å². The smallest absolute Gasteiger partial charge is 0.257 e. The highest BCUT2D eigenvalue weighted by atomic mass is 32.1. The number of carbonyl (C=O) groups is 1. The molecule has 1 amide bonds. The SMILES string of the molecule is C[B]n1ccc(C(=O)NCC(Nc2nc(-c3cccc(C4CC4(F)F)n3)cs2)=C2CCC2)c1. The van der Waals surface area contributed by atoms with E-state index < -0.39 is 11.8 Å². The standard InChI is InChI=1S/C23H23BF2N5OS/c1-24-31-9-8-15(12-31)21(32)27-11-19(14-4-2-5-14)29-22-30-20(13-33-22)18-7-3-6-17(28-18)16-10-23(16,25)26/h3,6-9,12-13,16H,2,4-5,10-11H2,1H3,(H,27,32)(H,29,30). The number of hydrogen-bond donors (Lipinski definition) is 2. The predicted molar refractivity (Wildman–Crippen MR) is 126 cm³/mol. The number of anilines is 1. The van der Waals surface area contributed by atoms with Crippen LogP contribution < -0.4 is 10.6 Å². The molecule has 2 aliphatic carbocycles. The highest BCUT2D eigenvalue weighted by molar-refractivity contribution is 7.14. The van der Waals surface area contributed by atoms with Gasteiger partial charge in [-0.3, -0.25) is 9.78 Å². The first kappa shape index (κ1) is 21.8. The van der Waals surface area contributed by atoms with E-state index in [9.17, 15) is 13.6 Å². The fourth-order valence-electron chi connectivity index (χ4n) is 3.79. The van der Waals surface area contributed by atoms with Gasteiger partial charge < -0.3 is 15.1 Å². The van der Waals surface area contributed by atoms with Crippen molar-refractivity contribution in [1.29, 1.82) is 0 Å². The molecule has 33 heavy (non-hydrogen) atoms. The van der Waals surface area contributed by atoms with Crippen LogP contribution in [0, 0.1) is 0 Å². The van der Waals surface area contributed by atoms with Crippen LogP contribution in [0.1, 0.15) is 47.7 Å². The summed E-state index contributed by atoms with van der Waals surface area (Å²) in [6.45, 7) is 2.29. The number of carbonyl (C=O) groups excluding carboxylic acids is 1. The molecule has 1 radical (unpaired) electrons. The summed E-state index contributed by atoms with van der Waals surface area (Å²) in [7, 11) is 1.88. The molecule has 1 atom stereocenters. The first-order valence-electron chi connectivity index (χ1n) is 11.0. The molecule has 3 aromatic heterocycles. The third-order valence-electron chi connectivity index (χ3n) is 6.06. The zero-order chi connectivity index (χ0) is 23.0. The number of amides is 1. The third-order valence-corrected chi connectivity index (χ3v) is 6.82. The summed E-state index contributed by atoms with van der Waals surface area (Å²) in [5, 5.41) is 8.91. The Bertz CT molecular complexity index is 1210. The Morgan fingerprint density at radius 2 is 2.09 bits per heavy atom. The zero-order valence-corrected chi connectivity index (χ0v) is 19.0. The van der Waals surface area contributed by atoms with Gasteiger partial charge in [-0.05, 0) is 49.2 Å². The summed E-state index contributed by atoms with van der Waals surface area (Å²) < 4.78 is 28.7. The molecule has 2 N–H and O–H groups in total. The van der Waals surface area contributed by atoms with Gasteiger partial charge >= 0.3 is 0 Å². The Morgan fingerprint density at radius 3 is 2.76 bits per heavy atom. The van der Waals surface area contributed by atoms with E-state index in [2.05, 4.69) is 20.6 Å². The first-order chi connectivity index (χ1) is 15.9. The minimum atomic E-state index is -2.65. The molecule has 5 rings (SSSR count). The van der Waals surface area contributed by atoms with Gasteiger partial charge in [-0.15, -0.1) is 11.3 Å². The van der Waals surface area contributed by atoms with Crippen LogP contribution in [0.5, 0.6) is 0 Å². The highest BCUT2D eigenvalue weighted by Crippen LogP contribution is 2.55. The minimum absolute atomic E-state index is 0.132. The summed E-state index contributed by atoms with van der Waals surface area (Å²) in [5.41, 5.74) is 4.48. The second-order valence-corrected chi connectivity index (χ2v) is 9.21. The lowest BCUT2D eigenvalue weighted by Crippen LogP contribution is -2.29. The molecule has 0 spiro atoms. The van der Waals surface area contributed by atoms with E-state index in [1.165, 1.54) is 16.9 Å². The van der Waals surface area contributed by atoms with Gasteiger partial charge in [0, 0.05) is 23.7 Å². The molecule has 0 aromatic carbocycles. The number of allylic oxidation sites excluding steroid dienone is 1. The molecule has 3 heterocycles. The molecular weight excluding hydrogens is 443 g/mol. The Morgan fingerprint density at radius 1 is 1.27 bits per heavy atom. The summed E-state index contributed by atoms with van der Waals surface area (Å²) in [6.07, 6.45) is 6.61. The van der Waals surface area contributed by atoms with Crippen molar-refractivity contribution in [3.63, 3.8) is 0 Å². The van der Waals surface area contributed by atoms with E-state index in [0.29, 0.717) is 34.3 Å². The quantitative estimate of drug-likeness (QED) is 0.462. The first-order valence-corrected chi connectivity index (χ1v) is 11.8. The molecule has 0 aliphatic heterocycles. The van der Waals surface area contributed by atoms with Crippen molar-refractivity contribution >= 4 is 29.8 Å². The van der Waals surface area contributed by atoms with E-state index >= 15 is 0 Å². The van der Waals surface area contributed by atoms with Gasteiger partial charge in [0.05, 0.1) is 29.4 Å². The summed E-state index contributed by atoms with van der Waals surface area (Å²) in [5.74, 6) is -3.57. The number of halogens is 2. The predicted octanol–water partition coefficient (Wildman–Crippen LogP) is 4.92. The van der Waals surface area contributed by atoms with Crippen molar-refractivity contribution < 1.29 is 13.6 Å². The van der Waals surface area contributed by atoms with Crippen molar-refractivity contribution in [2.24, 2.45) is 0 Å². The number of nitrogens with zero attached hydrogens (tertiary/aromatic N) is 3. The molecule has 169 valence electrons. The lowest BCUT2D eigenvalue weighted by atomic mass is 9.90. The number of nitrogens with one attached hydrogen (secondary N) is 2. The van der Waals surface area contributed by atoms with E-state index in [1.54, 1.807) is 30.5 Å². The molecule has 10 heteroatoms. The zero-order valence-electron chi connectivity index (χ0n) is 18.1. The van der Waals surface area contributed by atoms with Crippen LogP contribution in [0.2, 0.25) is 6.82 Å². The lowest BCUT2D eigenvalue weighted by molar-refractivity contribution is 0.0956. The van der Waals surface area contributed by atoms with Crippen LogP contribution in [0.15, 0.2) is 53.3 Å². The van der Waals surface area contributed by atoms with Gasteiger partial charge in [0.25, 0.3) is 11.8 Å². The van der Waals surface area contributed by atoms with Crippen LogP contribution in [0.3, 0.4) is 0 Å². The minimum Gasteiger partial charge on any atom is -0.402 e. The maximum absolute atomic E-state index is 13.4. The molecule has 3 aromatic rings. The van der Waals surface area contributed by atoms with Crippen molar-refractivity contribution in [2.75, 3.05) is 11.9 Å². The van der Waals surface area contributed by atoms with E-state index in [-0.39, 0.29) is 12.3 Å². The van der Waals surface area contributed by atoms with Gasteiger partial charge in [0.1, 0.15) is 5.69 Å². The molecule has 2 saturated carbocycles. The number of alkyl halides is 2. The molecular formula is C23H23BF2N5OS. The van der Waals surface area contributed by atoms with Gasteiger partial charge in [-0.1, -0.05) is 12.9 Å². The van der Waals surface area contributed by atoms with Crippen LogP contribution in [0.4, 0.5) is 13.9 Å². The molecule has 6 nitrogen and oxygen atoms in total. The van der Waals surface area contributed by atoms with Gasteiger partial charge in [-0.2, -0.15) is 0 Å². The number of aromatic nitrogens is 3. The number of rotatable bonds is 8. The molecule has 2 fully saturated rings. The van der Waals surface area contributed by atoms with E-state index in [0.717, 1.165) is 25.0 Å². The molecule has 0 saturated heterocycles. The molecule has 0 bridgehead atoms. The maximum atomic E-state index is 13.4. The van der Waals surface area contributed by atoms with E-state index in [4.69, 9.17) is 0 Å². The fourth-order valence-corrected chi connectivity index (χ4v) is 4.52. The summed E-state index contributed by atoms with van der Waals surface area (Å²) in [4.78, 5) is 21.6. The van der Waals surface area contributed by atoms with Crippen molar-refractivity contribution in [2.45, 2.75) is 44.3 Å². The monoisotopic (exact) mass is 466 g/mol. The molecule has 1 unspecified atom stereocenters. The van der Waals surface area contributed by atoms with Crippen LogP contribution in [-0.2, 0) is 0 Å². The second kappa shape index (κ2) is 8.74. The average molecular weight is 466 g/mol. The Balaban J connectivity index is 1.27. The van der Waals surface area contributed by atoms with Gasteiger partial charge in [0.15, 0.2) is 5.13 Å². The van der Waals surface area contributed by atoms with Crippen molar-refractivity contribution in [3.8, 4) is 11.4 Å². The van der Waals surface area contributed by atoms with Crippen LogP contribution >= 0.6 is 11.3 Å². The highest BCUT2D eigenvalue weighted by Gasteiger charge is 2.58. The third kappa shape index (κ3) is 4.71. The second-order valence-electron chi connectivity index (χ2n) is 8.35. The van der Waals surface area contributed by atoms with Crippen molar-refractivity contribution in [3.05, 3.63) is 64.6 Å². The van der Waals surface area contributed by atoms with Gasteiger partial charge in [-0.25, -0.2) is 13.8 Å². The number of hydrogen-bond acceptors (Lipinski definition) is 5.